The molecule has 0 aliphatic carbocycles. The summed E-state index contributed by atoms with van der Waals surface area (Å²) in [5, 5.41) is 8.98. The molecule has 0 aliphatic rings. The first-order chi connectivity index (χ1) is 12.1. The van der Waals surface area contributed by atoms with Gasteiger partial charge in [-0.25, -0.2) is 4.39 Å². The first kappa shape index (κ1) is 16.9. The van der Waals surface area contributed by atoms with Gasteiger partial charge < -0.3 is 5.11 Å². The first-order valence-electron chi connectivity index (χ1n) is 7.91. The molecule has 3 aromatic rings. The number of hydrogen-bond acceptors (Lipinski definition) is 4. The summed E-state index contributed by atoms with van der Waals surface area (Å²) >= 11 is 0. The summed E-state index contributed by atoms with van der Waals surface area (Å²) in [5.41, 5.74) is 3.49. The van der Waals surface area contributed by atoms with E-state index >= 15 is 0 Å². The Labute approximate surface area is 145 Å². The molecule has 2 aromatic heterocycles. The van der Waals surface area contributed by atoms with Crippen molar-refractivity contribution in [2.24, 2.45) is 0 Å². The van der Waals surface area contributed by atoms with Crippen molar-refractivity contribution in [3.8, 4) is 0 Å². The van der Waals surface area contributed by atoms with Crippen LogP contribution in [0.5, 0.6) is 0 Å². The van der Waals surface area contributed by atoms with Crippen LogP contribution in [0.3, 0.4) is 0 Å². The second-order valence-electron chi connectivity index (χ2n) is 5.77. The molecular weight excluding hydrogens is 319 g/mol. The van der Waals surface area contributed by atoms with Gasteiger partial charge in [0.25, 0.3) is 0 Å². The van der Waals surface area contributed by atoms with Gasteiger partial charge in [-0.1, -0.05) is 24.3 Å². The Morgan fingerprint density at radius 3 is 2.40 bits per heavy atom. The molecule has 3 rings (SSSR count). The number of aromatic nitrogens is 2. The summed E-state index contributed by atoms with van der Waals surface area (Å²) < 4.78 is 13.2. The van der Waals surface area contributed by atoms with Crippen molar-refractivity contribution in [1.82, 2.24) is 9.97 Å². The topological polar surface area (TPSA) is 63.1 Å². The molecule has 0 bridgehead atoms. The van der Waals surface area contributed by atoms with Gasteiger partial charge in [0, 0.05) is 18.8 Å². The number of benzene rings is 1. The third-order valence-corrected chi connectivity index (χ3v) is 3.82. The highest BCUT2D eigenvalue weighted by molar-refractivity contribution is 5.95. The van der Waals surface area contributed by atoms with E-state index in [9.17, 15) is 9.18 Å². The van der Waals surface area contributed by atoms with Crippen LogP contribution in [0, 0.1) is 5.82 Å². The van der Waals surface area contributed by atoms with Crippen molar-refractivity contribution in [3.05, 3.63) is 94.8 Å². The second kappa shape index (κ2) is 7.77. The molecule has 2 heterocycles. The molecule has 0 radical (unpaired) electrons. The van der Waals surface area contributed by atoms with Gasteiger partial charge in [0.05, 0.1) is 12.3 Å². The molecule has 25 heavy (non-hydrogen) atoms. The Kier molecular flexibility index (Phi) is 5.26. The molecule has 1 N–H and O–H groups in total. The Bertz CT molecular complexity index is 862. The predicted octanol–water partition coefficient (Wildman–Crippen LogP) is 3.12. The Balaban J connectivity index is 1.65. The van der Waals surface area contributed by atoms with E-state index in [-0.39, 0.29) is 24.6 Å². The van der Waals surface area contributed by atoms with E-state index in [0.717, 1.165) is 16.7 Å². The number of aliphatic hydroxyl groups excluding tert-OH is 1. The molecule has 0 aliphatic heterocycles. The summed E-state index contributed by atoms with van der Waals surface area (Å²) in [6, 6.07) is 13.4. The number of nitrogens with zero attached hydrogens (tertiary/aromatic N) is 2. The maximum absolute atomic E-state index is 13.2. The van der Waals surface area contributed by atoms with Crippen LogP contribution >= 0.6 is 0 Å². The van der Waals surface area contributed by atoms with Gasteiger partial charge in [0.1, 0.15) is 11.5 Å². The zero-order chi connectivity index (χ0) is 17.6. The number of carbonyl (C=O) groups is 1. The third-order valence-electron chi connectivity index (χ3n) is 3.82. The van der Waals surface area contributed by atoms with Crippen LogP contribution in [0.1, 0.15) is 32.9 Å². The number of aliphatic hydroxyl groups is 1. The zero-order valence-electron chi connectivity index (χ0n) is 13.5. The van der Waals surface area contributed by atoms with Crippen LogP contribution in [0.4, 0.5) is 4.39 Å². The molecule has 126 valence electrons. The Morgan fingerprint density at radius 1 is 0.960 bits per heavy atom. The normalized spacial score (nSPS) is 10.6. The lowest BCUT2D eigenvalue weighted by Crippen LogP contribution is -2.07. The SMILES string of the molecule is O=C(Cc1ccc(CO)nc1)c1ccc(Cc2cccc(F)c2)cn1. The number of ketones is 1. The minimum atomic E-state index is -0.266. The number of hydrogen-bond donors (Lipinski definition) is 1. The molecule has 0 saturated carbocycles. The van der Waals surface area contributed by atoms with E-state index in [4.69, 9.17) is 5.11 Å². The number of halogens is 1. The second-order valence-corrected chi connectivity index (χ2v) is 5.77. The quantitative estimate of drug-likeness (QED) is 0.703. The third kappa shape index (κ3) is 4.55. The lowest BCUT2D eigenvalue weighted by Gasteiger charge is -2.05. The molecule has 0 saturated heterocycles. The van der Waals surface area contributed by atoms with E-state index in [1.807, 2.05) is 12.1 Å². The predicted molar refractivity (Wildman–Crippen MR) is 91.6 cm³/mol. The van der Waals surface area contributed by atoms with Gasteiger partial charge in [-0.05, 0) is 47.4 Å². The molecule has 1 aromatic carbocycles. The van der Waals surface area contributed by atoms with Crippen molar-refractivity contribution in [2.75, 3.05) is 0 Å². The van der Waals surface area contributed by atoms with Crippen molar-refractivity contribution < 1.29 is 14.3 Å². The number of rotatable bonds is 6. The van der Waals surface area contributed by atoms with Crippen LogP contribution < -0.4 is 0 Å². The summed E-state index contributed by atoms with van der Waals surface area (Å²) in [7, 11) is 0. The van der Waals surface area contributed by atoms with E-state index in [0.29, 0.717) is 17.8 Å². The molecule has 0 unspecified atom stereocenters. The summed E-state index contributed by atoms with van der Waals surface area (Å²) in [6.45, 7) is -0.122. The van der Waals surface area contributed by atoms with Crippen molar-refractivity contribution in [2.45, 2.75) is 19.4 Å². The van der Waals surface area contributed by atoms with Gasteiger partial charge in [-0.2, -0.15) is 0 Å². The number of Topliss-reactive ketones (excluding diaryl/α,β-unsaturated/α-hetero) is 1. The average molecular weight is 336 g/mol. The van der Waals surface area contributed by atoms with Gasteiger partial charge >= 0.3 is 0 Å². The lowest BCUT2D eigenvalue weighted by molar-refractivity contribution is 0.0988. The van der Waals surface area contributed by atoms with E-state index < -0.39 is 0 Å². The molecule has 0 amide bonds. The van der Waals surface area contributed by atoms with Crippen LogP contribution in [-0.4, -0.2) is 20.9 Å². The fraction of sp³-hybridized carbons (Fsp3) is 0.150. The standard InChI is InChI=1S/C20H17FN2O2/c21-17-3-1-2-14(9-17)8-15-5-7-19(23-12-15)20(25)10-16-4-6-18(13-24)22-11-16/h1-7,9,11-12,24H,8,10,13H2. The van der Waals surface area contributed by atoms with Crippen molar-refractivity contribution >= 4 is 5.78 Å². The fourth-order valence-electron chi connectivity index (χ4n) is 2.51. The molecule has 4 nitrogen and oxygen atoms in total. The van der Waals surface area contributed by atoms with E-state index in [1.54, 1.807) is 36.7 Å². The summed E-state index contributed by atoms with van der Waals surface area (Å²) in [5.74, 6) is -0.367. The largest absolute Gasteiger partial charge is 0.390 e. The number of carbonyl (C=O) groups excluding carboxylic acids is 1. The first-order valence-corrected chi connectivity index (χ1v) is 7.91. The highest BCUT2D eigenvalue weighted by Gasteiger charge is 2.09. The van der Waals surface area contributed by atoms with Gasteiger partial charge in [0.2, 0.25) is 0 Å². The van der Waals surface area contributed by atoms with Gasteiger partial charge in [-0.3, -0.25) is 14.8 Å². The lowest BCUT2D eigenvalue weighted by atomic mass is 10.0. The maximum Gasteiger partial charge on any atom is 0.185 e. The van der Waals surface area contributed by atoms with Gasteiger partial charge in [-0.15, -0.1) is 0 Å². The van der Waals surface area contributed by atoms with Crippen LogP contribution in [0.25, 0.3) is 0 Å². The molecule has 5 heteroatoms. The summed E-state index contributed by atoms with van der Waals surface area (Å²) in [6.07, 6.45) is 3.99. The van der Waals surface area contributed by atoms with Crippen molar-refractivity contribution in [3.63, 3.8) is 0 Å². The molecule has 0 fully saturated rings. The monoisotopic (exact) mass is 336 g/mol. The molecule has 0 spiro atoms. The minimum absolute atomic E-state index is 0.101. The smallest absolute Gasteiger partial charge is 0.185 e. The zero-order valence-corrected chi connectivity index (χ0v) is 13.5. The Hall–Kier alpha value is -2.92. The van der Waals surface area contributed by atoms with Crippen LogP contribution in [0.2, 0.25) is 0 Å². The van der Waals surface area contributed by atoms with Gasteiger partial charge in [0.15, 0.2) is 5.78 Å². The van der Waals surface area contributed by atoms with Crippen LogP contribution in [0.15, 0.2) is 60.9 Å². The van der Waals surface area contributed by atoms with Crippen molar-refractivity contribution in [1.29, 1.82) is 0 Å². The molecule has 0 atom stereocenters. The molecular formula is C20H17FN2O2. The van der Waals surface area contributed by atoms with E-state index in [1.165, 1.54) is 12.1 Å². The number of pyridine rings is 2. The maximum atomic E-state index is 13.2. The Morgan fingerprint density at radius 2 is 1.76 bits per heavy atom. The highest BCUT2D eigenvalue weighted by Crippen LogP contribution is 2.12. The summed E-state index contributed by atoms with van der Waals surface area (Å²) in [4.78, 5) is 20.6. The highest BCUT2D eigenvalue weighted by atomic mass is 19.1. The minimum Gasteiger partial charge on any atom is -0.390 e. The fourth-order valence-corrected chi connectivity index (χ4v) is 2.51. The van der Waals surface area contributed by atoms with Crippen LogP contribution in [-0.2, 0) is 19.4 Å². The average Bonchev–Trinajstić information content (AvgIpc) is 2.63. The van der Waals surface area contributed by atoms with E-state index in [2.05, 4.69) is 9.97 Å².